The number of rotatable bonds is 2. The van der Waals surface area contributed by atoms with Gasteiger partial charge in [0.2, 0.25) is 0 Å². The number of nitrogens with zero attached hydrogens (tertiary/aromatic N) is 3. The van der Waals surface area contributed by atoms with Gasteiger partial charge in [-0.3, -0.25) is 0 Å². The monoisotopic (exact) mass is 258 g/mol. The van der Waals surface area contributed by atoms with Gasteiger partial charge in [0.1, 0.15) is 11.3 Å². The van der Waals surface area contributed by atoms with E-state index in [0.717, 1.165) is 29.9 Å². The third-order valence-electron chi connectivity index (χ3n) is 4.35. The average Bonchev–Trinajstić information content (AvgIpc) is 2.76. The van der Waals surface area contributed by atoms with Gasteiger partial charge in [0.05, 0.1) is 5.52 Å². The van der Waals surface area contributed by atoms with E-state index >= 15 is 0 Å². The molecule has 0 saturated heterocycles. The minimum absolute atomic E-state index is 0.536. The van der Waals surface area contributed by atoms with E-state index in [4.69, 9.17) is 10.7 Å². The summed E-state index contributed by atoms with van der Waals surface area (Å²) in [7, 11) is 0. The highest BCUT2D eigenvalue weighted by atomic mass is 15.1. The van der Waals surface area contributed by atoms with Gasteiger partial charge in [-0.1, -0.05) is 20.8 Å². The molecule has 4 heteroatoms. The zero-order chi connectivity index (χ0) is 13.7. The lowest BCUT2D eigenvalue weighted by Gasteiger charge is -2.30. The summed E-state index contributed by atoms with van der Waals surface area (Å²) < 4.78 is 2.43. The van der Waals surface area contributed by atoms with Gasteiger partial charge in [-0.2, -0.15) is 0 Å². The quantitative estimate of drug-likeness (QED) is 0.900. The molecule has 2 aromatic rings. The molecule has 0 saturated carbocycles. The summed E-state index contributed by atoms with van der Waals surface area (Å²) in [5.74, 6) is 2.34. The van der Waals surface area contributed by atoms with Crippen LogP contribution in [0, 0.1) is 12.8 Å². The number of pyridine rings is 1. The van der Waals surface area contributed by atoms with Crippen LogP contribution in [0.4, 0.5) is 5.82 Å². The van der Waals surface area contributed by atoms with E-state index in [9.17, 15) is 0 Å². The third kappa shape index (κ3) is 1.66. The summed E-state index contributed by atoms with van der Waals surface area (Å²) >= 11 is 0. The lowest BCUT2D eigenvalue weighted by atomic mass is 9.91. The van der Waals surface area contributed by atoms with Crippen molar-refractivity contribution in [2.45, 2.75) is 53.0 Å². The lowest BCUT2D eigenvalue weighted by Crippen LogP contribution is -2.23. The summed E-state index contributed by atoms with van der Waals surface area (Å²) in [5, 5.41) is 0. The summed E-state index contributed by atoms with van der Waals surface area (Å²) in [4.78, 5) is 9.22. The third-order valence-corrected chi connectivity index (χ3v) is 4.35. The highest BCUT2D eigenvalue weighted by molar-refractivity contribution is 5.89. The second kappa shape index (κ2) is 4.22. The van der Waals surface area contributed by atoms with Crippen LogP contribution < -0.4 is 5.73 Å². The van der Waals surface area contributed by atoms with E-state index in [-0.39, 0.29) is 0 Å². The van der Waals surface area contributed by atoms with Crippen LogP contribution in [-0.4, -0.2) is 14.5 Å². The van der Waals surface area contributed by atoms with Crippen LogP contribution >= 0.6 is 0 Å². The Kier molecular flexibility index (Phi) is 2.77. The van der Waals surface area contributed by atoms with Crippen molar-refractivity contribution in [2.24, 2.45) is 5.92 Å². The van der Waals surface area contributed by atoms with Crippen molar-refractivity contribution in [3.63, 3.8) is 0 Å². The molecule has 1 aliphatic heterocycles. The zero-order valence-corrected chi connectivity index (χ0v) is 12.2. The fourth-order valence-corrected chi connectivity index (χ4v) is 3.38. The number of nitrogens with two attached hydrogens (primary N) is 1. The highest BCUT2D eigenvalue weighted by Crippen LogP contribution is 2.38. The van der Waals surface area contributed by atoms with Crippen LogP contribution in [-0.2, 0) is 12.8 Å². The molecule has 102 valence electrons. The molecule has 3 rings (SSSR count). The Bertz CT molecular complexity index is 639. The van der Waals surface area contributed by atoms with E-state index in [0.29, 0.717) is 17.8 Å². The predicted octanol–water partition coefficient (Wildman–Crippen LogP) is 3.03. The van der Waals surface area contributed by atoms with Gasteiger partial charge in [-0.15, -0.1) is 0 Å². The van der Waals surface area contributed by atoms with Crippen molar-refractivity contribution >= 4 is 16.9 Å². The molecule has 0 bridgehead atoms. The second-order valence-electron chi connectivity index (χ2n) is 5.86. The van der Waals surface area contributed by atoms with Crippen LogP contribution in [0.1, 0.15) is 50.3 Å². The Morgan fingerprint density at radius 2 is 2.11 bits per heavy atom. The number of hydrogen-bond acceptors (Lipinski definition) is 3. The van der Waals surface area contributed by atoms with Gasteiger partial charge in [0.25, 0.3) is 0 Å². The first-order valence-electron chi connectivity index (χ1n) is 7.20. The molecule has 0 amide bonds. The Balaban J connectivity index is 2.40. The van der Waals surface area contributed by atoms with Crippen LogP contribution in [0.2, 0.25) is 0 Å². The minimum atomic E-state index is 0.536. The van der Waals surface area contributed by atoms with Crippen molar-refractivity contribution < 1.29 is 0 Å². The summed E-state index contributed by atoms with van der Waals surface area (Å²) in [6.45, 7) is 8.80. The zero-order valence-electron chi connectivity index (χ0n) is 12.2. The molecule has 4 nitrogen and oxygen atoms in total. The van der Waals surface area contributed by atoms with E-state index in [1.165, 1.54) is 17.5 Å². The Hall–Kier alpha value is -1.58. The van der Waals surface area contributed by atoms with Crippen LogP contribution in [0.5, 0.6) is 0 Å². The fraction of sp³-hybridized carbons (Fsp3) is 0.600. The highest BCUT2D eigenvalue weighted by Gasteiger charge is 2.29. The molecular weight excluding hydrogens is 236 g/mol. The molecule has 0 spiro atoms. The number of aromatic nitrogens is 3. The van der Waals surface area contributed by atoms with E-state index in [2.05, 4.69) is 37.2 Å². The van der Waals surface area contributed by atoms with Gasteiger partial charge in [0, 0.05) is 18.2 Å². The van der Waals surface area contributed by atoms with Gasteiger partial charge in [-0.25, -0.2) is 9.97 Å². The van der Waals surface area contributed by atoms with Crippen LogP contribution in [0.15, 0.2) is 0 Å². The van der Waals surface area contributed by atoms with E-state index < -0.39 is 0 Å². The number of imidazole rings is 1. The molecular formula is C15H22N4. The van der Waals surface area contributed by atoms with Gasteiger partial charge >= 0.3 is 0 Å². The first-order valence-corrected chi connectivity index (χ1v) is 7.20. The van der Waals surface area contributed by atoms with Gasteiger partial charge in [0.15, 0.2) is 5.82 Å². The summed E-state index contributed by atoms with van der Waals surface area (Å²) in [6, 6.07) is 0.536. The van der Waals surface area contributed by atoms with E-state index in [1.54, 1.807) is 0 Å². The largest absolute Gasteiger partial charge is 0.382 e. The molecule has 0 aromatic carbocycles. The summed E-state index contributed by atoms with van der Waals surface area (Å²) in [5.41, 5.74) is 10.6. The maximum atomic E-state index is 6.08. The normalized spacial score (nSPS) is 18.5. The number of nitrogen functional groups attached to an aromatic ring is 1. The average molecular weight is 258 g/mol. The first-order chi connectivity index (χ1) is 9.04. The Labute approximate surface area is 114 Å². The smallest absolute Gasteiger partial charge is 0.151 e. The van der Waals surface area contributed by atoms with Crippen molar-refractivity contribution in [3.8, 4) is 0 Å². The molecule has 1 unspecified atom stereocenters. The molecule has 1 aliphatic rings. The molecule has 0 radical (unpaired) electrons. The van der Waals surface area contributed by atoms with Crippen molar-refractivity contribution in [1.82, 2.24) is 14.5 Å². The number of hydrogen-bond donors (Lipinski definition) is 1. The first kappa shape index (κ1) is 12.5. The van der Waals surface area contributed by atoms with Gasteiger partial charge < -0.3 is 10.3 Å². The Morgan fingerprint density at radius 3 is 2.74 bits per heavy atom. The lowest BCUT2D eigenvalue weighted by molar-refractivity contribution is 0.343. The predicted molar refractivity (Wildman–Crippen MR) is 78.3 cm³/mol. The molecule has 2 aromatic heterocycles. The minimum Gasteiger partial charge on any atom is -0.382 e. The number of aryl methyl sites for hydroxylation is 3. The second-order valence-corrected chi connectivity index (χ2v) is 5.86. The Morgan fingerprint density at radius 1 is 1.37 bits per heavy atom. The van der Waals surface area contributed by atoms with E-state index in [1.807, 2.05) is 0 Å². The van der Waals surface area contributed by atoms with Crippen molar-refractivity contribution in [1.29, 1.82) is 0 Å². The standard InChI is InChI=1S/C15H22N4/c1-5-12-18-13-14-10(9(4)17-15(13)16)6-7-11(8(2)3)19(12)14/h8,11H,5-7H2,1-4H3,(H2,16,17). The summed E-state index contributed by atoms with van der Waals surface area (Å²) in [6.07, 6.45) is 3.21. The van der Waals surface area contributed by atoms with Crippen molar-refractivity contribution in [3.05, 3.63) is 17.1 Å². The molecule has 0 fully saturated rings. The van der Waals surface area contributed by atoms with Crippen LogP contribution in [0.3, 0.4) is 0 Å². The maximum Gasteiger partial charge on any atom is 0.151 e. The number of anilines is 1. The molecule has 1 atom stereocenters. The molecule has 19 heavy (non-hydrogen) atoms. The SMILES string of the molecule is CCc1nc2c(N)nc(C)c3c2n1C(C(C)C)CC3. The van der Waals surface area contributed by atoms with Gasteiger partial charge in [-0.05, 0) is 31.2 Å². The molecule has 0 aliphatic carbocycles. The molecule has 3 heterocycles. The molecule has 2 N–H and O–H groups in total. The maximum absolute atomic E-state index is 6.08. The topological polar surface area (TPSA) is 56.7 Å². The van der Waals surface area contributed by atoms with Crippen molar-refractivity contribution in [2.75, 3.05) is 5.73 Å². The van der Waals surface area contributed by atoms with Crippen LogP contribution in [0.25, 0.3) is 11.0 Å². The fourth-order valence-electron chi connectivity index (χ4n) is 3.38.